The molecule has 0 radical (unpaired) electrons. The van der Waals surface area contributed by atoms with E-state index in [4.69, 9.17) is 28.4 Å². The lowest BCUT2D eigenvalue weighted by atomic mass is 9.42. The van der Waals surface area contributed by atoms with Gasteiger partial charge in [-0.2, -0.15) is 0 Å². The molecule has 0 aromatic heterocycles. The van der Waals surface area contributed by atoms with Crippen LogP contribution >= 0.6 is 0 Å². The molecule has 5 aliphatic carbocycles. The van der Waals surface area contributed by atoms with E-state index in [0.29, 0.717) is 18.5 Å². The molecule has 1 spiro atoms. The molecule has 7 bridgehead atoms. The van der Waals surface area contributed by atoms with Gasteiger partial charge in [0, 0.05) is 83.0 Å². The highest BCUT2D eigenvalue weighted by molar-refractivity contribution is 5.89. The third-order valence-corrected chi connectivity index (χ3v) is 12.9. The summed E-state index contributed by atoms with van der Waals surface area (Å²) in [5, 5.41) is 37.0. The molecule has 1 aromatic rings. The van der Waals surface area contributed by atoms with Gasteiger partial charge in [-0.1, -0.05) is 18.2 Å². The van der Waals surface area contributed by atoms with Crippen LogP contribution < -0.4 is 0 Å². The van der Waals surface area contributed by atoms with Gasteiger partial charge < -0.3 is 48.6 Å². The highest BCUT2D eigenvalue weighted by atomic mass is 16.6. The maximum atomic E-state index is 13.7. The lowest BCUT2D eigenvalue weighted by molar-refractivity contribution is -0.321. The number of aliphatic hydroxyl groups excluding tert-OH is 2. The summed E-state index contributed by atoms with van der Waals surface area (Å²) < 4.78 is 37.2. The monoisotopic (exact) mass is 631 g/mol. The van der Waals surface area contributed by atoms with Crippen molar-refractivity contribution in [1.82, 2.24) is 4.90 Å². The second-order valence-electron chi connectivity index (χ2n) is 14.3. The first kappa shape index (κ1) is 31.4. The number of benzene rings is 1. The smallest absolute Gasteiger partial charge is 0.338 e. The molecule has 6 aliphatic rings. The second-order valence-corrected chi connectivity index (χ2v) is 14.3. The Bertz CT molecular complexity index is 1350. The molecule has 1 aliphatic heterocycles. The first-order valence-electron chi connectivity index (χ1n) is 15.8. The molecule has 6 fully saturated rings. The summed E-state index contributed by atoms with van der Waals surface area (Å²) in [5.41, 5.74) is -4.79. The fourth-order valence-corrected chi connectivity index (χ4v) is 12.2. The van der Waals surface area contributed by atoms with Crippen LogP contribution in [0.4, 0.5) is 0 Å². The number of methoxy groups -OCH3 is 4. The van der Waals surface area contributed by atoms with E-state index < -0.39 is 88.3 Å². The van der Waals surface area contributed by atoms with E-state index in [2.05, 4.69) is 4.90 Å². The topological polar surface area (TPSA) is 153 Å². The molecule has 3 N–H and O–H groups in total. The van der Waals surface area contributed by atoms with Crippen molar-refractivity contribution in [2.75, 3.05) is 48.6 Å². The van der Waals surface area contributed by atoms with Gasteiger partial charge in [0.2, 0.25) is 0 Å². The Morgan fingerprint density at radius 1 is 1.00 bits per heavy atom. The summed E-state index contributed by atoms with van der Waals surface area (Å²) in [7, 11) is 8.20. The SMILES string of the molecule is COC[C@]12CN(C)[C@H]3[C@@H]4[C@@H](OC)[C@@H]1[C@]3([C@@H]1C[C@@]3(O)[C@H](OC(=O)c5ccccc5)[C@@H]1[C@@]4(OC(C)=O)[C@@H](O)[C@@H]3OC)[C@H](OC)C[C@@H]2O. The van der Waals surface area contributed by atoms with Crippen LogP contribution in [0, 0.1) is 34.5 Å². The molecule has 15 atom stereocenters. The van der Waals surface area contributed by atoms with Gasteiger partial charge in [-0.05, 0) is 31.5 Å². The number of ether oxygens (including phenoxy) is 6. The number of hydrogen-bond donors (Lipinski definition) is 3. The molecule has 0 amide bonds. The van der Waals surface area contributed by atoms with Crippen LogP contribution in [-0.2, 0) is 33.2 Å². The van der Waals surface area contributed by atoms with Gasteiger partial charge in [0.25, 0.3) is 0 Å². The standard InChI is InChI=1S/C33H45NO11/c1-16(35)45-33-21-18(13-31(39,28(43-6)26(33)37)27(21)44-29(38)17-10-8-7-9-11-17)32-20(41-4)12-19(36)30(15-40-3)14-34(2)25(32)22(33)23(42-5)24(30)32/h7-11,18-28,36-37,39H,12-15H2,1-6H3/t18-,19+,20-,21-,22+,23-,24+,25+,26+,27-,28+,30+,31-,32+,33+/m1/s1. The first-order chi connectivity index (χ1) is 21.4. The average Bonchev–Trinajstić information content (AvgIpc) is 3.40. The lowest BCUT2D eigenvalue weighted by Crippen LogP contribution is -2.81. The van der Waals surface area contributed by atoms with Crippen LogP contribution in [0.25, 0.3) is 0 Å². The van der Waals surface area contributed by atoms with E-state index in [1.54, 1.807) is 51.7 Å². The number of fused-ring (bicyclic) bond motifs is 2. The van der Waals surface area contributed by atoms with Crippen LogP contribution in [-0.4, -0.2) is 135 Å². The van der Waals surface area contributed by atoms with Gasteiger partial charge >= 0.3 is 11.9 Å². The number of hydrogen-bond acceptors (Lipinski definition) is 12. The number of likely N-dealkylation sites (tertiary alicyclic amines) is 1. The van der Waals surface area contributed by atoms with Crippen molar-refractivity contribution in [2.45, 2.75) is 73.6 Å². The van der Waals surface area contributed by atoms with Crippen LogP contribution in [0.15, 0.2) is 30.3 Å². The van der Waals surface area contributed by atoms with E-state index in [1.165, 1.54) is 14.0 Å². The maximum Gasteiger partial charge on any atom is 0.338 e. The second kappa shape index (κ2) is 10.4. The summed E-state index contributed by atoms with van der Waals surface area (Å²) >= 11 is 0. The Kier molecular flexibility index (Phi) is 7.28. The summed E-state index contributed by atoms with van der Waals surface area (Å²) in [6, 6.07) is 8.15. The molecule has 248 valence electrons. The number of esters is 2. The maximum absolute atomic E-state index is 13.7. The van der Waals surface area contributed by atoms with Crippen molar-refractivity contribution < 1.29 is 53.3 Å². The zero-order valence-corrected chi connectivity index (χ0v) is 26.6. The highest BCUT2D eigenvalue weighted by Crippen LogP contribution is 2.80. The van der Waals surface area contributed by atoms with E-state index in [9.17, 15) is 24.9 Å². The van der Waals surface area contributed by atoms with E-state index in [1.807, 2.05) is 7.05 Å². The Morgan fingerprint density at radius 2 is 1.71 bits per heavy atom. The van der Waals surface area contributed by atoms with Crippen molar-refractivity contribution in [1.29, 1.82) is 0 Å². The van der Waals surface area contributed by atoms with E-state index in [0.717, 1.165) is 0 Å². The minimum atomic E-state index is -1.83. The molecule has 1 heterocycles. The van der Waals surface area contributed by atoms with Crippen LogP contribution in [0.2, 0.25) is 0 Å². The van der Waals surface area contributed by atoms with Gasteiger partial charge in [-0.25, -0.2) is 4.79 Å². The van der Waals surface area contributed by atoms with Crippen molar-refractivity contribution in [3.05, 3.63) is 35.9 Å². The molecule has 1 saturated heterocycles. The summed E-state index contributed by atoms with van der Waals surface area (Å²) in [6.07, 6.45) is -5.50. The predicted molar refractivity (Wildman–Crippen MR) is 156 cm³/mol. The average molecular weight is 632 g/mol. The number of rotatable bonds is 8. The number of piperidine rings is 1. The zero-order valence-electron chi connectivity index (χ0n) is 26.6. The lowest BCUT2D eigenvalue weighted by Gasteiger charge is -2.70. The fraction of sp³-hybridized carbons (Fsp3) is 0.758. The Hall–Kier alpha value is -2.16. The van der Waals surface area contributed by atoms with Crippen LogP contribution in [0.3, 0.4) is 0 Å². The molecule has 1 aromatic carbocycles. The van der Waals surface area contributed by atoms with Gasteiger partial charge in [-0.3, -0.25) is 4.79 Å². The molecular formula is C33H45NO11. The first-order valence-corrected chi connectivity index (χ1v) is 15.8. The number of nitrogens with zero attached hydrogens (tertiary/aromatic N) is 1. The predicted octanol–water partition coefficient (Wildman–Crippen LogP) is 0.258. The third-order valence-electron chi connectivity index (χ3n) is 12.9. The van der Waals surface area contributed by atoms with Gasteiger partial charge in [-0.15, -0.1) is 0 Å². The molecule has 12 heteroatoms. The van der Waals surface area contributed by atoms with Crippen molar-refractivity contribution in [3.63, 3.8) is 0 Å². The van der Waals surface area contributed by atoms with Gasteiger partial charge in [0.05, 0.1) is 30.5 Å². The fourth-order valence-electron chi connectivity index (χ4n) is 12.2. The molecule has 0 unspecified atom stereocenters. The largest absolute Gasteiger partial charge is 0.455 e. The third kappa shape index (κ3) is 3.55. The Balaban J connectivity index is 1.52. The summed E-state index contributed by atoms with van der Waals surface area (Å²) in [6.45, 7) is 2.00. The molecule has 12 nitrogen and oxygen atoms in total. The number of carbonyl (C=O) groups is 2. The summed E-state index contributed by atoms with van der Waals surface area (Å²) in [4.78, 5) is 29.1. The van der Waals surface area contributed by atoms with Crippen molar-refractivity contribution in [3.8, 4) is 0 Å². The molecule has 7 rings (SSSR count). The molecular weight excluding hydrogens is 586 g/mol. The Labute approximate surface area is 262 Å². The van der Waals surface area contributed by atoms with Crippen molar-refractivity contribution in [2.24, 2.45) is 34.5 Å². The Morgan fingerprint density at radius 3 is 2.31 bits per heavy atom. The molecule has 45 heavy (non-hydrogen) atoms. The zero-order chi connectivity index (χ0) is 32.3. The minimum Gasteiger partial charge on any atom is -0.455 e. The van der Waals surface area contributed by atoms with Gasteiger partial charge in [0.1, 0.15) is 23.9 Å². The van der Waals surface area contributed by atoms with Crippen LogP contribution in [0.1, 0.15) is 30.1 Å². The number of aliphatic hydroxyl groups is 3. The minimum absolute atomic E-state index is 0.0754. The quantitative estimate of drug-likeness (QED) is 0.337. The van der Waals surface area contributed by atoms with Gasteiger partial charge in [0.15, 0.2) is 5.60 Å². The van der Waals surface area contributed by atoms with E-state index in [-0.39, 0.29) is 25.0 Å². The van der Waals surface area contributed by atoms with Crippen LogP contribution in [0.5, 0.6) is 0 Å². The van der Waals surface area contributed by atoms with Crippen molar-refractivity contribution >= 4 is 11.9 Å². The highest BCUT2D eigenvalue weighted by Gasteiger charge is 2.92. The van der Waals surface area contributed by atoms with E-state index >= 15 is 0 Å². The molecule has 5 saturated carbocycles. The number of carbonyl (C=O) groups excluding carboxylic acids is 2. The summed E-state index contributed by atoms with van der Waals surface area (Å²) in [5.74, 6) is -3.66. The normalized spacial score (nSPS) is 50.7.